The van der Waals surface area contributed by atoms with Gasteiger partial charge in [-0.3, -0.25) is 4.98 Å². The fourth-order valence-corrected chi connectivity index (χ4v) is 2.93. The maximum absolute atomic E-state index is 10.6. The quantitative estimate of drug-likeness (QED) is 0.726. The molecule has 3 nitrogen and oxygen atoms in total. The highest BCUT2D eigenvalue weighted by Gasteiger charge is 2.16. The van der Waals surface area contributed by atoms with Gasteiger partial charge in [0.25, 0.3) is 0 Å². The Labute approximate surface area is 143 Å². The molecule has 0 spiro atoms. The predicted molar refractivity (Wildman–Crippen MR) is 96.7 cm³/mol. The average molecular weight is 318 g/mol. The number of rotatable bonds is 6. The lowest BCUT2D eigenvalue weighted by molar-refractivity contribution is 0.171. The minimum Gasteiger partial charge on any atom is -0.387 e. The van der Waals surface area contributed by atoms with Crippen LogP contribution in [0.15, 0.2) is 79.1 Å². The van der Waals surface area contributed by atoms with Crippen LogP contribution in [0, 0.1) is 6.92 Å². The summed E-state index contributed by atoms with van der Waals surface area (Å²) in [5.74, 6) is 0. The number of aliphatic hydroxyl groups excluding tert-OH is 1. The van der Waals surface area contributed by atoms with E-state index in [0.717, 1.165) is 16.7 Å². The number of hydrogen-bond donors (Lipinski definition) is 2. The van der Waals surface area contributed by atoms with Gasteiger partial charge in [-0.2, -0.15) is 0 Å². The van der Waals surface area contributed by atoms with Gasteiger partial charge in [-0.15, -0.1) is 0 Å². The summed E-state index contributed by atoms with van der Waals surface area (Å²) in [4.78, 5) is 4.10. The van der Waals surface area contributed by atoms with Gasteiger partial charge in [-0.05, 0) is 41.3 Å². The normalized spacial score (nSPS) is 13.4. The summed E-state index contributed by atoms with van der Waals surface area (Å²) in [6, 6.07) is 22.2. The van der Waals surface area contributed by atoms with Crippen LogP contribution in [-0.4, -0.2) is 16.6 Å². The van der Waals surface area contributed by atoms with Crippen LogP contribution in [0.1, 0.15) is 34.4 Å². The summed E-state index contributed by atoms with van der Waals surface area (Å²) in [6.07, 6.45) is 3.05. The number of pyridine rings is 1. The van der Waals surface area contributed by atoms with Crippen molar-refractivity contribution in [3.63, 3.8) is 0 Å². The van der Waals surface area contributed by atoms with E-state index in [4.69, 9.17) is 0 Å². The summed E-state index contributed by atoms with van der Waals surface area (Å²) in [5, 5.41) is 14.1. The van der Waals surface area contributed by atoms with Crippen molar-refractivity contribution >= 4 is 0 Å². The van der Waals surface area contributed by atoms with E-state index in [1.54, 1.807) is 12.4 Å². The van der Waals surface area contributed by atoms with Gasteiger partial charge in [0.1, 0.15) is 0 Å². The molecule has 0 saturated carbocycles. The zero-order valence-corrected chi connectivity index (χ0v) is 13.8. The first-order valence-electron chi connectivity index (χ1n) is 8.17. The molecule has 2 N–H and O–H groups in total. The summed E-state index contributed by atoms with van der Waals surface area (Å²) >= 11 is 0. The molecule has 3 heteroatoms. The van der Waals surface area contributed by atoms with Gasteiger partial charge in [0, 0.05) is 18.9 Å². The second kappa shape index (κ2) is 7.86. The molecule has 0 aliphatic heterocycles. The van der Waals surface area contributed by atoms with Crippen LogP contribution in [0.5, 0.6) is 0 Å². The number of hydrogen-bond acceptors (Lipinski definition) is 3. The Kier molecular flexibility index (Phi) is 5.36. The fourth-order valence-electron chi connectivity index (χ4n) is 2.93. The first-order chi connectivity index (χ1) is 11.8. The molecule has 0 radical (unpaired) electrons. The number of nitrogens with one attached hydrogen (secondary N) is 1. The number of aliphatic hydroxyl groups is 1. The van der Waals surface area contributed by atoms with E-state index >= 15 is 0 Å². The first-order valence-corrected chi connectivity index (χ1v) is 8.17. The van der Waals surface area contributed by atoms with Gasteiger partial charge in [0.15, 0.2) is 0 Å². The molecule has 24 heavy (non-hydrogen) atoms. The molecule has 0 amide bonds. The summed E-state index contributed by atoms with van der Waals surface area (Å²) < 4.78 is 0. The summed E-state index contributed by atoms with van der Waals surface area (Å²) in [6.45, 7) is 2.50. The van der Waals surface area contributed by atoms with Crippen LogP contribution in [0.3, 0.4) is 0 Å². The van der Waals surface area contributed by atoms with E-state index in [2.05, 4.69) is 22.4 Å². The van der Waals surface area contributed by atoms with Crippen LogP contribution in [-0.2, 0) is 0 Å². The lowest BCUT2D eigenvalue weighted by atomic mass is 9.98. The Bertz CT molecular complexity index is 720. The van der Waals surface area contributed by atoms with Gasteiger partial charge >= 0.3 is 0 Å². The summed E-state index contributed by atoms with van der Waals surface area (Å²) in [7, 11) is 0. The molecule has 0 fully saturated rings. The van der Waals surface area contributed by atoms with Crippen LogP contribution >= 0.6 is 0 Å². The monoisotopic (exact) mass is 318 g/mol. The van der Waals surface area contributed by atoms with Crippen molar-refractivity contribution in [2.45, 2.75) is 19.1 Å². The highest BCUT2D eigenvalue weighted by Crippen LogP contribution is 2.23. The lowest BCUT2D eigenvalue weighted by Crippen LogP contribution is -2.27. The van der Waals surface area contributed by atoms with Gasteiger partial charge in [-0.1, -0.05) is 54.6 Å². The Morgan fingerprint density at radius 2 is 1.50 bits per heavy atom. The third-order valence-electron chi connectivity index (χ3n) is 4.24. The van der Waals surface area contributed by atoms with E-state index < -0.39 is 6.10 Å². The Morgan fingerprint density at radius 1 is 0.875 bits per heavy atom. The minimum absolute atomic E-state index is 0.0212. The number of aryl methyl sites for hydroxylation is 1. The van der Waals surface area contributed by atoms with Crippen molar-refractivity contribution in [1.29, 1.82) is 0 Å². The van der Waals surface area contributed by atoms with Gasteiger partial charge in [0.05, 0.1) is 12.1 Å². The Hall–Kier alpha value is -2.49. The topological polar surface area (TPSA) is 45.1 Å². The molecule has 122 valence electrons. The largest absolute Gasteiger partial charge is 0.387 e. The van der Waals surface area contributed by atoms with E-state index in [1.165, 1.54) is 5.56 Å². The third-order valence-corrected chi connectivity index (χ3v) is 4.24. The maximum Gasteiger partial charge on any atom is 0.0917 e. The van der Waals surface area contributed by atoms with E-state index in [-0.39, 0.29) is 6.04 Å². The molecule has 0 aliphatic rings. The Morgan fingerprint density at radius 3 is 2.21 bits per heavy atom. The van der Waals surface area contributed by atoms with Gasteiger partial charge in [0.2, 0.25) is 0 Å². The molecular weight excluding hydrogens is 296 g/mol. The number of nitrogens with zero attached hydrogens (tertiary/aromatic N) is 1. The third kappa shape index (κ3) is 3.88. The Balaban J connectivity index is 1.79. The second-order valence-electron chi connectivity index (χ2n) is 5.90. The van der Waals surface area contributed by atoms with Crippen molar-refractivity contribution in [2.24, 2.45) is 0 Å². The van der Waals surface area contributed by atoms with Crippen LogP contribution in [0.2, 0.25) is 0 Å². The zero-order chi connectivity index (χ0) is 16.8. The fraction of sp³-hybridized carbons (Fsp3) is 0.190. The molecular formula is C21H22N2O. The molecule has 3 aromatic rings. The van der Waals surface area contributed by atoms with Crippen LogP contribution in [0.4, 0.5) is 0 Å². The molecule has 1 aromatic heterocycles. The smallest absolute Gasteiger partial charge is 0.0917 e. The molecule has 0 bridgehead atoms. The van der Waals surface area contributed by atoms with Crippen molar-refractivity contribution < 1.29 is 5.11 Å². The van der Waals surface area contributed by atoms with Crippen molar-refractivity contribution in [2.75, 3.05) is 6.54 Å². The van der Waals surface area contributed by atoms with Crippen molar-refractivity contribution in [3.8, 4) is 0 Å². The highest BCUT2D eigenvalue weighted by atomic mass is 16.3. The second-order valence-corrected chi connectivity index (χ2v) is 5.90. The summed E-state index contributed by atoms with van der Waals surface area (Å²) in [5.41, 5.74) is 4.37. The number of aromatic nitrogens is 1. The van der Waals surface area contributed by atoms with Gasteiger partial charge < -0.3 is 10.4 Å². The van der Waals surface area contributed by atoms with E-state index in [1.807, 2.05) is 61.5 Å². The average Bonchev–Trinajstić information content (AvgIpc) is 2.64. The first kappa shape index (κ1) is 16.4. The zero-order valence-electron chi connectivity index (χ0n) is 13.8. The molecule has 2 unspecified atom stereocenters. The van der Waals surface area contributed by atoms with Crippen LogP contribution < -0.4 is 5.32 Å². The minimum atomic E-state index is -0.542. The van der Waals surface area contributed by atoms with Crippen molar-refractivity contribution in [3.05, 3.63) is 101 Å². The van der Waals surface area contributed by atoms with Gasteiger partial charge in [-0.25, -0.2) is 0 Å². The SMILES string of the molecule is Cc1ccccc1C(O)CNC(c1ccccc1)c1ccncc1. The maximum atomic E-state index is 10.6. The van der Waals surface area contributed by atoms with E-state index in [0.29, 0.717) is 6.54 Å². The molecule has 3 rings (SSSR count). The molecule has 0 saturated heterocycles. The standard InChI is InChI=1S/C21H22N2O/c1-16-7-5-6-10-19(16)20(24)15-23-21(17-8-3-2-4-9-17)18-11-13-22-14-12-18/h2-14,20-21,23-24H,15H2,1H3. The predicted octanol–water partition coefficient (Wildman–Crippen LogP) is 3.80. The van der Waals surface area contributed by atoms with Crippen LogP contribution in [0.25, 0.3) is 0 Å². The molecule has 1 heterocycles. The highest BCUT2D eigenvalue weighted by molar-refractivity contribution is 5.31. The van der Waals surface area contributed by atoms with E-state index in [9.17, 15) is 5.11 Å². The van der Waals surface area contributed by atoms with Crippen molar-refractivity contribution in [1.82, 2.24) is 10.3 Å². The number of benzene rings is 2. The molecule has 0 aliphatic carbocycles. The lowest BCUT2D eigenvalue weighted by Gasteiger charge is -2.22. The molecule has 2 aromatic carbocycles. The molecule has 2 atom stereocenters.